The molecule has 0 aromatic rings. The van der Waals surface area contributed by atoms with E-state index in [4.69, 9.17) is 4.74 Å². The third-order valence-electron chi connectivity index (χ3n) is 4.02. The molecule has 0 radical (unpaired) electrons. The number of piperazine rings is 1. The van der Waals surface area contributed by atoms with Crippen molar-refractivity contribution in [2.45, 2.75) is 51.6 Å². The van der Waals surface area contributed by atoms with Crippen LogP contribution in [0.3, 0.4) is 0 Å². The van der Waals surface area contributed by atoms with E-state index in [1.54, 1.807) is 0 Å². The molecule has 1 heterocycles. The highest BCUT2D eigenvalue weighted by Crippen LogP contribution is 2.17. The Kier molecular flexibility index (Phi) is 6.65. The number of hydrogen-bond acceptors (Lipinski definition) is 4. The summed E-state index contributed by atoms with van der Waals surface area (Å²) >= 11 is 0. The van der Waals surface area contributed by atoms with E-state index in [1.807, 2.05) is 0 Å². The zero-order chi connectivity index (χ0) is 13.5. The van der Waals surface area contributed by atoms with Crippen molar-refractivity contribution in [1.82, 2.24) is 9.80 Å². The second-order valence-electron chi connectivity index (χ2n) is 5.22. The highest BCUT2D eigenvalue weighted by molar-refractivity contribution is 5.75. The lowest BCUT2D eigenvalue weighted by molar-refractivity contribution is -0.148. The molecule has 4 nitrogen and oxygen atoms in total. The molecule has 2 atom stereocenters. The highest BCUT2D eigenvalue weighted by Gasteiger charge is 2.31. The van der Waals surface area contributed by atoms with E-state index < -0.39 is 0 Å². The second kappa shape index (κ2) is 7.74. The van der Waals surface area contributed by atoms with Gasteiger partial charge in [-0.25, -0.2) is 0 Å². The molecule has 1 fully saturated rings. The van der Waals surface area contributed by atoms with Gasteiger partial charge in [0.1, 0.15) is 6.04 Å². The number of esters is 1. The van der Waals surface area contributed by atoms with Gasteiger partial charge >= 0.3 is 5.97 Å². The topological polar surface area (TPSA) is 32.8 Å². The first-order valence-corrected chi connectivity index (χ1v) is 7.16. The van der Waals surface area contributed by atoms with Gasteiger partial charge in [-0.2, -0.15) is 0 Å². The van der Waals surface area contributed by atoms with E-state index in [1.165, 1.54) is 7.11 Å². The predicted molar refractivity (Wildman–Crippen MR) is 73.6 cm³/mol. The summed E-state index contributed by atoms with van der Waals surface area (Å²) in [6, 6.07) is 0.519. The quantitative estimate of drug-likeness (QED) is 0.678. The molecule has 4 heteroatoms. The molecule has 0 amide bonds. The Morgan fingerprint density at radius 2 is 2.11 bits per heavy atom. The molecule has 0 saturated carbocycles. The first-order chi connectivity index (χ1) is 8.63. The van der Waals surface area contributed by atoms with Crippen molar-refractivity contribution in [2.24, 2.45) is 0 Å². The fourth-order valence-corrected chi connectivity index (χ4v) is 2.68. The number of likely N-dealkylation sites (N-methyl/N-ethyl adjacent to an activating group) is 1. The Bertz CT molecular complexity index is 258. The molecule has 1 rings (SSSR count). The van der Waals surface area contributed by atoms with Gasteiger partial charge in [0.25, 0.3) is 0 Å². The maximum Gasteiger partial charge on any atom is 0.323 e. The lowest BCUT2D eigenvalue weighted by atomic mass is 10.0. The largest absolute Gasteiger partial charge is 0.468 e. The SMILES string of the molecule is CCCCC(C(=O)OC)N1CCN(C)C(CC)C1. The lowest BCUT2D eigenvalue weighted by Crippen LogP contribution is -2.56. The van der Waals surface area contributed by atoms with Gasteiger partial charge in [-0.15, -0.1) is 0 Å². The predicted octanol–water partition coefficient (Wildman–Crippen LogP) is 1.74. The summed E-state index contributed by atoms with van der Waals surface area (Å²) in [5.74, 6) is -0.0668. The molecular weight excluding hydrogens is 228 g/mol. The maximum atomic E-state index is 11.9. The van der Waals surface area contributed by atoms with Crippen molar-refractivity contribution < 1.29 is 9.53 Å². The highest BCUT2D eigenvalue weighted by atomic mass is 16.5. The Balaban J connectivity index is 2.64. The first kappa shape index (κ1) is 15.4. The lowest BCUT2D eigenvalue weighted by Gasteiger charge is -2.41. The zero-order valence-corrected chi connectivity index (χ0v) is 12.3. The monoisotopic (exact) mass is 256 g/mol. The van der Waals surface area contributed by atoms with Gasteiger partial charge in [0.15, 0.2) is 0 Å². The van der Waals surface area contributed by atoms with Gasteiger partial charge < -0.3 is 9.64 Å². The molecule has 0 aliphatic carbocycles. The van der Waals surface area contributed by atoms with E-state index in [0.29, 0.717) is 6.04 Å². The summed E-state index contributed by atoms with van der Waals surface area (Å²) in [6.45, 7) is 7.36. The van der Waals surface area contributed by atoms with Crippen LogP contribution in [0.25, 0.3) is 0 Å². The number of unbranched alkanes of at least 4 members (excludes halogenated alkanes) is 1. The number of ether oxygens (including phenoxy) is 1. The third-order valence-corrected chi connectivity index (χ3v) is 4.02. The van der Waals surface area contributed by atoms with Crippen LogP contribution in [0.2, 0.25) is 0 Å². The minimum Gasteiger partial charge on any atom is -0.468 e. The molecule has 1 aliphatic heterocycles. The standard InChI is InChI=1S/C14H28N2O2/c1-5-7-8-13(14(17)18-4)16-10-9-15(3)12(6-2)11-16/h12-13H,5-11H2,1-4H3. The van der Waals surface area contributed by atoms with Crippen molar-refractivity contribution in [2.75, 3.05) is 33.8 Å². The number of carbonyl (C=O) groups excluding carboxylic acids is 1. The van der Waals surface area contributed by atoms with Crippen LogP contribution in [0.5, 0.6) is 0 Å². The smallest absolute Gasteiger partial charge is 0.323 e. The van der Waals surface area contributed by atoms with Crippen molar-refractivity contribution in [1.29, 1.82) is 0 Å². The van der Waals surface area contributed by atoms with Gasteiger partial charge in [0.05, 0.1) is 7.11 Å². The first-order valence-electron chi connectivity index (χ1n) is 7.16. The van der Waals surface area contributed by atoms with Gasteiger partial charge in [-0.3, -0.25) is 9.69 Å². The van der Waals surface area contributed by atoms with Crippen LogP contribution >= 0.6 is 0 Å². The van der Waals surface area contributed by atoms with Crippen LogP contribution in [0.15, 0.2) is 0 Å². The summed E-state index contributed by atoms with van der Waals surface area (Å²) in [4.78, 5) is 16.6. The molecule has 106 valence electrons. The average molecular weight is 256 g/mol. The van der Waals surface area contributed by atoms with Crippen LogP contribution in [0, 0.1) is 0 Å². The molecule has 2 unspecified atom stereocenters. The average Bonchev–Trinajstić information content (AvgIpc) is 2.40. The molecular formula is C14H28N2O2. The van der Waals surface area contributed by atoms with E-state index in [2.05, 4.69) is 30.7 Å². The third kappa shape index (κ3) is 3.95. The van der Waals surface area contributed by atoms with Crippen LogP contribution in [0.4, 0.5) is 0 Å². The summed E-state index contributed by atoms with van der Waals surface area (Å²) in [5, 5.41) is 0. The molecule has 0 spiro atoms. The van der Waals surface area contributed by atoms with Gasteiger partial charge in [-0.1, -0.05) is 26.7 Å². The fourth-order valence-electron chi connectivity index (χ4n) is 2.68. The van der Waals surface area contributed by atoms with Crippen LogP contribution in [-0.2, 0) is 9.53 Å². The van der Waals surface area contributed by atoms with Crippen molar-refractivity contribution in [3.8, 4) is 0 Å². The molecule has 1 aliphatic rings. The number of hydrogen-bond donors (Lipinski definition) is 0. The number of nitrogens with zero attached hydrogens (tertiary/aromatic N) is 2. The zero-order valence-electron chi connectivity index (χ0n) is 12.3. The Labute approximate surface area is 111 Å². The summed E-state index contributed by atoms with van der Waals surface area (Å²) < 4.78 is 4.96. The number of methoxy groups -OCH3 is 1. The molecule has 0 bridgehead atoms. The second-order valence-corrected chi connectivity index (χ2v) is 5.22. The molecule has 0 aromatic heterocycles. The van der Waals surface area contributed by atoms with Gasteiger partial charge in [-0.05, 0) is 19.9 Å². The van der Waals surface area contributed by atoms with E-state index in [-0.39, 0.29) is 12.0 Å². The van der Waals surface area contributed by atoms with E-state index in [0.717, 1.165) is 45.3 Å². The molecule has 0 aromatic carbocycles. The normalized spacial score (nSPS) is 23.9. The van der Waals surface area contributed by atoms with Crippen molar-refractivity contribution >= 4 is 5.97 Å². The molecule has 1 saturated heterocycles. The Morgan fingerprint density at radius 1 is 1.39 bits per heavy atom. The minimum absolute atomic E-state index is 0.0438. The van der Waals surface area contributed by atoms with Gasteiger partial charge in [0, 0.05) is 25.7 Å². The van der Waals surface area contributed by atoms with Crippen molar-refractivity contribution in [3.63, 3.8) is 0 Å². The maximum absolute atomic E-state index is 11.9. The molecule has 0 N–H and O–H groups in total. The summed E-state index contributed by atoms with van der Waals surface area (Å²) in [6.07, 6.45) is 4.26. The van der Waals surface area contributed by atoms with Crippen LogP contribution < -0.4 is 0 Å². The summed E-state index contributed by atoms with van der Waals surface area (Å²) in [5.41, 5.74) is 0. The van der Waals surface area contributed by atoms with E-state index >= 15 is 0 Å². The number of carbonyl (C=O) groups is 1. The van der Waals surface area contributed by atoms with Gasteiger partial charge in [0.2, 0.25) is 0 Å². The Hall–Kier alpha value is -0.610. The fraction of sp³-hybridized carbons (Fsp3) is 0.929. The molecule has 18 heavy (non-hydrogen) atoms. The summed E-state index contributed by atoms with van der Waals surface area (Å²) in [7, 11) is 3.67. The Morgan fingerprint density at radius 3 is 2.67 bits per heavy atom. The van der Waals surface area contributed by atoms with Crippen molar-refractivity contribution in [3.05, 3.63) is 0 Å². The van der Waals surface area contributed by atoms with Crippen LogP contribution in [0.1, 0.15) is 39.5 Å². The van der Waals surface area contributed by atoms with E-state index in [9.17, 15) is 4.79 Å². The van der Waals surface area contributed by atoms with Crippen LogP contribution in [-0.4, -0.2) is 61.6 Å². The number of rotatable bonds is 6. The minimum atomic E-state index is -0.0668.